The number of likely N-dealkylation sites (tertiary alicyclic amines) is 1. The van der Waals surface area contributed by atoms with Gasteiger partial charge in [-0.25, -0.2) is 0 Å². The Labute approximate surface area is 185 Å². The van der Waals surface area contributed by atoms with Crippen LogP contribution in [0, 0.1) is 12.8 Å². The van der Waals surface area contributed by atoms with Gasteiger partial charge >= 0.3 is 0 Å². The molecule has 0 bridgehead atoms. The van der Waals surface area contributed by atoms with E-state index < -0.39 is 0 Å². The molecule has 5 heteroatoms. The molecule has 0 saturated carbocycles. The normalized spacial score (nSPS) is 18.3. The Bertz CT molecular complexity index is 934. The van der Waals surface area contributed by atoms with Gasteiger partial charge in [0.2, 0.25) is 5.91 Å². The summed E-state index contributed by atoms with van der Waals surface area (Å²) in [4.78, 5) is 29.9. The van der Waals surface area contributed by atoms with E-state index in [9.17, 15) is 9.59 Å². The van der Waals surface area contributed by atoms with Crippen LogP contribution in [0.3, 0.4) is 0 Å². The summed E-state index contributed by atoms with van der Waals surface area (Å²) in [5.41, 5.74) is 4.61. The summed E-state index contributed by atoms with van der Waals surface area (Å²) in [5.74, 6) is 0.207. The fourth-order valence-electron chi connectivity index (χ4n) is 4.74. The summed E-state index contributed by atoms with van der Waals surface area (Å²) in [6.07, 6.45) is 2.53. The molecule has 2 amide bonds. The van der Waals surface area contributed by atoms with Crippen LogP contribution in [-0.4, -0.2) is 53.8 Å². The topological polar surface area (TPSA) is 52.7 Å². The van der Waals surface area contributed by atoms with E-state index in [1.54, 1.807) is 0 Å². The summed E-state index contributed by atoms with van der Waals surface area (Å²) >= 11 is 0. The van der Waals surface area contributed by atoms with Gasteiger partial charge in [-0.05, 0) is 55.9 Å². The van der Waals surface area contributed by atoms with Gasteiger partial charge < -0.3 is 10.2 Å². The first-order chi connectivity index (χ1) is 15.0. The van der Waals surface area contributed by atoms with Crippen molar-refractivity contribution in [2.24, 2.45) is 5.92 Å². The summed E-state index contributed by atoms with van der Waals surface area (Å²) < 4.78 is 0. The number of hydrogen-bond donors (Lipinski definition) is 1. The fourth-order valence-corrected chi connectivity index (χ4v) is 4.74. The number of rotatable bonds is 5. The van der Waals surface area contributed by atoms with Crippen LogP contribution in [0.5, 0.6) is 0 Å². The molecule has 0 unspecified atom stereocenters. The molecule has 2 aliphatic rings. The van der Waals surface area contributed by atoms with E-state index in [4.69, 9.17) is 0 Å². The molecule has 2 aliphatic heterocycles. The molecule has 2 heterocycles. The molecular formula is C26H33N3O2. The highest BCUT2D eigenvalue weighted by Crippen LogP contribution is 2.22. The van der Waals surface area contributed by atoms with Crippen LogP contribution in [-0.2, 0) is 17.8 Å². The predicted octanol–water partition coefficient (Wildman–Crippen LogP) is 3.41. The number of nitrogens with one attached hydrogen (secondary N) is 1. The molecule has 1 N–H and O–H groups in total. The maximum absolute atomic E-state index is 12.8. The van der Waals surface area contributed by atoms with Crippen LogP contribution in [0.1, 0.15) is 46.8 Å². The van der Waals surface area contributed by atoms with Crippen molar-refractivity contribution in [1.29, 1.82) is 0 Å². The summed E-state index contributed by atoms with van der Waals surface area (Å²) in [6.45, 7) is 8.10. The summed E-state index contributed by atoms with van der Waals surface area (Å²) in [7, 11) is 0. The van der Waals surface area contributed by atoms with Gasteiger partial charge in [-0.15, -0.1) is 0 Å². The Morgan fingerprint density at radius 2 is 1.68 bits per heavy atom. The minimum absolute atomic E-state index is 0.00444. The quantitative estimate of drug-likeness (QED) is 0.808. The third kappa shape index (κ3) is 4.99. The smallest absolute Gasteiger partial charge is 0.254 e. The van der Waals surface area contributed by atoms with Gasteiger partial charge in [0.05, 0.1) is 0 Å². The first-order valence-corrected chi connectivity index (χ1v) is 11.5. The SMILES string of the molecule is Cc1ccccc1C(=O)N1CCC(C(=O)NC[C@@H](C)N2CCc3ccccc3C2)CC1. The average molecular weight is 420 g/mol. The van der Waals surface area contributed by atoms with Crippen molar-refractivity contribution in [1.82, 2.24) is 15.1 Å². The highest BCUT2D eigenvalue weighted by atomic mass is 16.2. The Morgan fingerprint density at radius 3 is 2.42 bits per heavy atom. The molecule has 2 aromatic carbocycles. The molecule has 0 radical (unpaired) electrons. The lowest BCUT2D eigenvalue weighted by molar-refractivity contribution is -0.126. The maximum atomic E-state index is 12.8. The standard InChI is InChI=1S/C26H33N3O2/c1-19-7-3-6-10-24(19)26(31)28-14-12-22(13-15-28)25(30)27-17-20(2)29-16-11-21-8-4-5-9-23(21)18-29/h3-10,20,22H,11-18H2,1-2H3,(H,27,30)/t20-/m1/s1. The largest absolute Gasteiger partial charge is 0.354 e. The first-order valence-electron chi connectivity index (χ1n) is 11.5. The minimum Gasteiger partial charge on any atom is -0.354 e. The van der Waals surface area contributed by atoms with Crippen molar-refractivity contribution in [2.75, 3.05) is 26.2 Å². The summed E-state index contributed by atoms with van der Waals surface area (Å²) in [5, 5.41) is 3.17. The lowest BCUT2D eigenvalue weighted by Gasteiger charge is -2.35. The van der Waals surface area contributed by atoms with E-state index >= 15 is 0 Å². The van der Waals surface area contributed by atoms with Crippen molar-refractivity contribution >= 4 is 11.8 Å². The van der Waals surface area contributed by atoms with E-state index in [2.05, 4.69) is 41.4 Å². The van der Waals surface area contributed by atoms with Crippen molar-refractivity contribution in [3.63, 3.8) is 0 Å². The third-order valence-corrected chi connectivity index (χ3v) is 6.88. The number of hydrogen-bond acceptors (Lipinski definition) is 3. The van der Waals surface area contributed by atoms with Crippen LogP contribution in [0.4, 0.5) is 0 Å². The van der Waals surface area contributed by atoms with Crippen LogP contribution < -0.4 is 5.32 Å². The Kier molecular flexibility index (Phi) is 6.71. The van der Waals surface area contributed by atoms with Gasteiger partial charge in [0, 0.05) is 50.2 Å². The molecule has 1 atom stereocenters. The predicted molar refractivity (Wildman–Crippen MR) is 123 cm³/mol. The van der Waals surface area contributed by atoms with Gasteiger partial charge in [-0.1, -0.05) is 42.5 Å². The second-order valence-electron chi connectivity index (χ2n) is 8.96. The van der Waals surface area contributed by atoms with Crippen LogP contribution >= 0.6 is 0 Å². The number of carbonyl (C=O) groups excluding carboxylic acids is 2. The fraction of sp³-hybridized carbons (Fsp3) is 0.462. The molecule has 31 heavy (non-hydrogen) atoms. The Hall–Kier alpha value is -2.66. The van der Waals surface area contributed by atoms with Crippen LogP contribution in [0.25, 0.3) is 0 Å². The van der Waals surface area contributed by atoms with Gasteiger partial charge in [-0.3, -0.25) is 14.5 Å². The highest BCUT2D eigenvalue weighted by Gasteiger charge is 2.29. The second kappa shape index (κ2) is 9.65. The average Bonchev–Trinajstić information content (AvgIpc) is 2.82. The zero-order valence-corrected chi connectivity index (χ0v) is 18.6. The number of carbonyl (C=O) groups is 2. The van der Waals surface area contributed by atoms with E-state index in [1.807, 2.05) is 36.1 Å². The van der Waals surface area contributed by atoms with Crippen LogP contribution in [0.15, 0.2) is 48.5 Å². The molecule has 0 aromatic heterocycles. The van der Waals surface area contributed by atoms with Gasteiger partial charge in [0.1, 0.15) is 0 Å². The highest BCUT2D eigenvalue weighted by molar-refractivity contribution is 5.95. The number of aryl methyl sites for hydroxylation is 1. The lowest BCUT2D eigenvalue weighted by Crippen LogP contribution is -2.47. The molecule has 1 fully saturated rings. The molecule has 4 rings (SSSR count). The molecule has 164 valence electrons. The number of amides is 2. The van der Waals surface area contributed by atoms with E-state index in [0.717, 1.165) is 43.5 Å². The lowest BCUT2D eigenvalue weighted by atomic mass is 9.95. The van der Waals surface area contributed by atoms with Crippen molar-refractivity contribution < 1.29 is 9.59 Å². The monoisotopic (exact) mass is 419 g/mol. The summed E-state index contributed by atoms with van der Waals surface area (Å²) in [6, 6.07) is 16.7. The Morgan fingerprint density at radius 1 is 1.00 bits per heavy atom. The van der Waals surface area contributed by atoms with Gasteiger partial charge in [-0.2, -0.15) is 0 Å². The number of benzene rings is 2. The zero-order chi connectivity index (χ0) is 21.8. The van der Waals surface area contributed by atoms with E-state index in [0.29, 0.717) is 25.7 Å². The molecule has 1 saturated heterocycles. The first kappa shape index (κ1) is 21.6. The maximum Gasteiger partial charge on any atom is 0.254 e. The zero-order valence-electron chi connectivity index (χ0n) is 18.6. The number of piperidine rings is 1. The van der Waals surface area contributed by atoms with Gasteiger partial charge in [0.25, 0.3) is 5.91 Å². The third-order valence-electron chi connectivity index (χ3n) is 6.88. The minimum atomic E-state index is -0.00444. The molecular weight excluding hydrogens is 386 g/mol. The molecule has 2 aromatic rings. The Balaban J connectivity index is 1.23. The van der Waals surface area contributed by atoms with Gasteiger partial charge in [0.15, 0.2) is 0 Å². The molecule has 0 spiro atoms. The number of fused-ring (bicyclic) bond motifs is 1. The van der Waals surface area contributed by atoms with Crippen molar-refractivity contribution in [3.8, 4) is 0 Å². The van der Waals surface area contributed by atoms with E-state index in [-0.39, 0.29) is 17.7 Å². The molecule has 0 aliphatic carbocycles. The number of nitrogens with zero attached hydrogens (tertiary/aromatic N) is 2. The van der Waals surface area contributed by atoms with E-state index in [1.165, 1.54) is 11.1 Å². The van der Waals surface area contributed by atoms with Crippen LogP contribution in [0.2, 0.25) is 0 Å². The van der Waals surface area contributed by atoms with Crippen molar-refractivity contribution in [3.05, 3.63) is 70.8 Å². The van der Waals surface area contributed by atoms with Crippen molar-refractivity contribution in [2.45, 2.75) is 45.7 Å². The second-order valence-corrected chi connectivity index (χ2v) is 8.96. The molecule has 5 nitrogen and oxygen atoms in total.